The smallest absolute Gasteiger partial charge is 0.246 e. The summed E-state index contributed by atoms with van der Waals surface area (Å²) in [6.07, 6.45) is 11.1. The number of likely N-dealkylation sites (N-methyl/N-ethyl adjacent to an activating group) is 1. The second-order valence-electron chi connectivity index (χ2n) is 6.03. The summed E-state index contributed by atoms with van der Waals surface area (Å²) in [6, 6.07) is 7.92. The molecule has 3 heteroatoms. The monoisotopic (exact) mass is 331 g/mol. The minimum atomic E-state index is 0.0587. The van der Waals surface area contributed by atoms with Crippen LogP contribution in [0, 0.1) is 0 Å². The van der Waals surface area contributed by atoms with E-state index in [1.165, 1.54) is 32.1 Å². The van der Waals surface area contributed by atoms with Crippen LogP contribution >= 0.6 is 0 Å². The molecule has 3 nitrogen and oxygen atoms in total. The number of benzene rings is 1. The zero-order valence-corrected chi connectivity index (χ0v) is 15.6. The van der Waals surface area contributed by atoms with Crippen LogP contribution in [0.1, 0.15) is 64.9 Å². The van der Waals surface area contributed by atoms with Crippen molar-refractivity contribution < 1.29 is 9.53 Å². The molecule has 1 aromatic rings. The van der Waals surface area contributed by atoms with E-state index in [4.69, 9.17) is 4.74 Å². The Morgan fingerprint density at radius 1 is 0.958 bits per heavy atom. The molecule has 0 aliphatic rings. The lowest BCUT2D eigenvalue weighted by molar-refractivity contribution is -0.125. The minimum absolute atomic E-state index is 0.0587. The fraction of sp³-hybridized carbons (Fsp3) is 0.571. The van der Waals surface area contributed by atoms with Crippen molar-refractivity contribution in [1.29, 1.82) is 0 Å². The number of hydrogen-bond acceptors (Lipinski definition) is 2. The maximum Gasteiger partial charge on any atom is 0.246 e. The number of amides is 1. The maximum absolute atomic E-state index is 11.9. The average molecular weight is 332 g/mol. The summed E-state index contributed by atoms with van der Waals surface area (Å²) in [5.41, 5.74) is 1.02. The highest BCUT2D eigenvalue weighted by Gasteiger charge is 2.04. The lowest BCUT2D eigenvalue weighted by atomic mass is 10.1. The van der Waals surface area contributed by atoms with Crippen molar-refractivity contribution in [2.75, 3.05) is 19.7 Å². The SMILES string of the molecule is CCCCCCCCOc1ccc(C=CC(=O)N(CC)CC)cc1. The first-order valence-corrected chi connectivity index (χ1v) is 9.41. The lowest BCUT2D eigenvalue weighted by Crippen LogP contribution is -2.28. The number of carbonyl (C=O) groups is 1. The van der Waals surface area contributed by atoms with Crippen molar-refractivity contribution in [3.63, 3.8) is 0 Å². The third kappa shape index (κ3) is 8.19. The van der Waals surface area contributed by atoms with Crippen LogP contribution < -0.4 is 4.74 Å². The van der Waals surface area contributed by atoms with Gasteiger partial charge in [0.05, 0.1) is 6.61 Å². The van der Waals surface area contributed by atoms with Gasteiger partial charge in [-0.25, -0.2) is 0 Å². The van der Waals surface area contributed by atoms with Crippen LogP contribution in [0.4, 0.5) is 0 Å². The number of rotatable bonds is 12. The standard InChI is InChI=1S/C21H33NO2/c1-4-7-8-9-10-11-18-24-20-15-12-19(13-16-20)14-17-21(23)22(5-2)6-3/h12-17H,4-11,18H2,1-3H3. The van der Waals surface area contributed by atoms with Crippen molar-refractivity contribution in [3.05, 3.63) is 35.9 Å². The van der Waals surface area contributed by atoms with Gasteiger partial charge in [0.25, 0.3) is 0 Å². The molecule has 0 fully saturated rings. The van der Waals surface area contributed by atoms with Crippen LogP contribution in [0.15, 0.2) is 30.3 Å². The fourth-order valence-electron chi connectivity index (χ4n) is 2.56. The van der Waals surface area contributed by atoms with Gasteiger partial charge in [0.2, 0.25) is 5.91 Å². The van der Waals surface area contributed by atoms with Gasteiger partial charge >= 0.3 is 0 Å². The summed E-state index contributed by atoms with van der Waals surface area (Å²) >= 11 is 0. The molecule has 1 amide bonds. The molecule has 0 bridgehead atoms. The van der Waals surface area contributed by atoms with Crippen LogP contribution in [0.2, 0.25) is 0 Å². The molecule has 134 valence electrons. The molecule has 1 rings (SSSR count). The largest absolute Gasteiger partial charge is 0.494 e. The van der Waals surface area contributed by atoms with Crippen molar-refractivity contribution in [2.45, 2.75) is 59.3 Å². The summed E-state index contributed by atoms with van der Waals surface area (Å²) in [7, 11) is 0. The Morgan fingerprint density at radius 3 is 2.21 bits per heavy atom. The van der Waals surface area contributed by atoms with E-state index < -0.39 is 0 Å². The van der Waals surface area contributed by atoms with Gasteiger partial charge in [-0.2, -0.15) is 0 Å². The molecule has 0 atom stereocenters. The van der Waals surface area contributed by atoms with Gasteiger partial charge in [-0.1, -0.05) is 51.2 Å². The van der Waals surface area contributed by atoms with Crippen molar-refractivity contribution >= 4 is 12.0 Å². The second-order valence-corrected chi connectivity index (χ2v) is 6.03. The molecular weight excluding hydrogens is 298 g/mol. The molecule has 0 aliphatic heterocycles. The van der Waals surface area contributed by atoms with Crippen LogP contribution in [0.25, 0.3) is 6.08 Å². The topological polar surface area (TPSA) is 29.5 Å². The molecule has 0 unspecified atom stereocenters. The van der Waals surface area contributed by atoms with Crippen molar-refractivity contribution in [2.24, 2.45) is 0 Å². The van der Waals surface area contributed by atoms with Gasteiger partial charge < -0.3 is 9.64 Å². The van der Waals surface area contributed by atoms with Gasteiger partial charge in [-0.15, -0.1) is 0 Å². The number of carbonyl (C=O) groups excluding carboxylic acids is 1. The van der Waals surface area contributed by atoms with Crippen LogP contribution in [0.5, 0.6) is 5.75 Å². The molecule has 0 aliphatic carbocycles. The van der Waals surface area contributed by atoms with Gasteiger partial charge in [0.15, 0.2) is 0 Å². The summed E-state index contributed by atoms with van der Waals surface area (Å²) < 4.78 is 5.77. The average Bonchev–Trinajstić information content (AvgIpc) is 2.61. The Labute approximate surface area is 147 Å². The predicted octanol–water partition coefficient (Wildman–Crippen LogP) is 5.31. The number of ether oxygens (including phenoxy) is 1. The Balaban J connectivity index is 2.31. The number of hydrogen-bond donors (Lipinski definition) is 0. The quantitative estimate of drug-likeness (QED) is 0.384. The third-order valence-electron chi connectivity index (χ3n) is 4.14. The van der Waals surface area contributed by atoms with E-state index in [9.17, 15) is 4.79 Å². The lowest BCUT2D eigenvalue weighted by Gasteiger charge is -2.15. The van der Waals surface area contributed by atoms with E-state index in [0.717, 1.165) is 37.4 Å². The molecule has 24 heavy (non-hydrogen) atoms. The molecular formula is C21H33NO2. The zero-order chi connectivity index (χ0) is 17.6. The van der Waals surface area contributed by atoms with Gasteiger partial charge in [-0.3, -0.25) is 4.79 Å². The van der Waals surface area contributed by atoms with Crippen molar-refractivity contribution in [1.82, 2.24) is 4.90 Å². The zero-order valence-electron chi connectivity index (χ0n) is 15.6. The Bertz CT molecular complexity index is 475. The number of unbranched alkanes of at least 4 members (excludes halogenated alkanes) is 5. The first-order valence-electron chi connectivity index (χ1n) is 9.41. The highest BCUT2D eigenvalue weighted by molar-refractivity contribution is 5.91. The summed E-state index contributed by atoms with van der Waals surface area (Å²) in [4.78, 5) is 13.7. The van der Waals surface area contributed by atoms with Crippen LogP contribution in [-0.4, -0.2) is 30.5 Å². The van der Waals surface area contributed by atoms with E-state index in [1.54, 1.807) is 11.0 Å². The molecule has 0 saturated carbocycles. The van der Waals surface area contributed by atoms with E-state index in [2.05, 4.69) is 6.92 Å². The molecule has 0 saturated heterocycles. The molecule has 0 radical (unpaired) electrons. The normalized spacial score (nSPS) is 11.0. The minimum Gasteiger partial charge on any atom is -0.494 e. The molecule has 0 spiro atoms. The van der Waals surface area contributed by atoms with Gasteiger partial charge in [0.1, 0.15) is 5.75 Å². The molecule has 0 aromatic heterocycles. The van der Waals surface area contributed by atoms with Crippen molar-refractivity contribution in [3.8, 4) is 5.75 Å². The summed E-state index contributed by atoms with van der Waals surface area (Å²) in [5, 5.41) is 0. The van der Waals surface area contributed by atoms with Crippen LogP contribution in [0.3, 0.4) is 0 Å². The highest BCUT2D eigenvalue weighted by atomic mass is 16.5. The van der Waals surface area contributed by atoms with Gasteiger partial charge in [0, 0.05) is 19.2 Å². The summed E-state index contributed by atoms with van der Waals surface area (Å²) in [5.74, 6) is 0.958. The third-order valence-corrected chi connectivity index (χ3v) is 4.14. The first kappa shape index (κ1) is 20.3. The van der Waals surface area contributed by atoms with E-state index >= 15 is 0 Å². The highest BCUT2D eigenvalue weighted by Crippen LogP contribution is 2.14. The maximum atomic E-state index is 11.9. The Hall–Kier alpha value is -1.77. The summed E-state index contributed by atoms with van der Waals surface area (Å²) in [6.45, 7) is 8.48. The first-order chi connectivity index (χ1) is 11.7. The molecule has 1 aromatic carbocycles. The van der Waals surface area contributed by atoms with E-state index in [0.29, 0.717) is 0 Å². The van der Waals surface area contributed by atoms with E-state index in [-0.39, 0.29) is 5.91 Å². The Kier molecular flexibility index (Phi) is 10.7. The van der Waals surface area contributed by atoms with Gasteiger partial charge in [-0.05, 0) is 44.0 Å². The Morgan fingerprint density at radius 2 is 1.58 bits per heavy atom. The van der Waals surface area contributed by atoms with E-state index in [1.807, 2.05) is 44.2 Å². The molecule has 0 N–H and O–H groups in total. The van der Waals surface area contributed by atoms with Crippen LogP contribution in [-0.2, 0) is 4.79 Å². The fourth-order valence-corrected chi connectivity index (χ4v) is 2.56. The molecule has 0 heterocycles. The number of nitrogens with zero attached hydrogens (tertiary/aromatic N) is 1. The predicted molar refractivity (Wildman–Crippen MR) is 102 cm³/mol. The second kappa shape index (κ2) is 12.6.